The van der Waals surface area contributed by atoms with Crippen molar-refractivity contribution in [3.63, 3.8) is 0 Å². The molecule has 8 atom stereocenters. The Labute approximate surface area is 196 Å². The molecule has 6 nitrogen and oxygen atoms in total. The molecule has 0 saturated heterocycles. The minimum absolute atomic E-state index is 0.124. The number of carbonyl (C=O) groups excluding carboxylic acids is 1. The fourth-order valence-corrected chi connectivity index (χ4v) is 9.33. The number of aliphatic hydroxyl groups is 1. The molecule has 0 aliphatic heterocycles. The van der Waals surface area contributed by atoms with Gasteiger partial charge >= 0.3 is 0 Å². The van der Waals surface area contributed by atoms with E-state index in [1.54, 1.807) is 10.9 Å². The lowest BCUT2D eigenvalue weighted by Gasteiger charge is -2.60. The summed E-state index contributed by atoms with van der Waals surface area (Å²) < 4.78 is 1.77. The molecule has 178 valence electrons. The zero-order valence-corrected chi connectivity index (χ0v) is 20.3. The van der Waals surface area contributed by atoms with E-state index in [2.05, 4.69) is 28.9 Å². The monoisotopic (exact) mass is 450 g/mol. The Bertz CT molecular complexity index is 1050. The number of aromatic nitrogens is 4. The van der Waals surface area contributed by atoms with Crippen LogP contribution in [0.4, 0.5) is 0 Å². The summed E-state index contributed by atoms with van der Waals surface area (Å²) in [4.78, 5) is 21.8. The number of fused-ring (bicyclic) bond motifs is 6. The van der Waals surface area contributed by atoms with Crippen molar-refractivity contribution in [3.05, 3.63) is 18.7 Å². The van der Waals surface area contributed by atoms with Gasteiger partial charge in [0.1, 0.15) is 17.4 Å². The molecule has 2 aromatic heterocycles. The fourth-order valence-electron chi connectivity index (χ4n) is 9.33. The van der Waals surface area contributed by atoms with Gasteiger partial charge in [0.05, 0.1) is 24.5 Å². The van der Waals surface area contributed by atoms with Crippen LogP contribution in [-0.4, -0.2) is 36.2 Å². The maximum absolute atomic E-state index is 13.5. The number of rotatable bonds is 3. The van der Waals surface area contributed by atoms with E-state index in [0.717, 1.165) is 48.0 Å². The van der Waals surface area contributed by atoms with Crippen molar-refractivity contribution in [2.75, 3.05) is 0 Å². The van der Waals surface area contributed by atoms with E-state index in [-0.39, 0.29) is 16.7 Å². The molecular weight excluding hydrogens is 412 g/mol. The highest BCUT2D eigenvalue weighted by Crippen LogP contribution is 2.67. The summed E-state index contributed by atoms with van der Waals surface area (Å²) in [6.07, 6.45) is 15.4. The first-order valence-electron chi connectivity index (χ1n) is 13.1. The molecule has 2 heterocycles. The Hall–Kier alpha value is -1.82. The summed E-state index contributed by atoms with van der Waals surface area (Å²) in [5, 5.41) is 15.3. The number of Topliss-reactive ketones (excluding diaryl/α,β-unsaturated/α-hetero) is 1. The van der Waals surface area contributed by atoms with E-state index in [1.165, 1.54) is 44.9 Å². The lowest BCUT2D eigenvalue weighted by molar-refractivity contribution is -0.145. The van der Waals surface area contributed by atoms with Gasteiger partial charge in [-0.25, -0.2) is 9.97 Å². The summed E-state index contributed by atoms with van der Waals surface area (Å²) in [7, 11) is 0. The minimum atomic E-state index is -0.491. The number of ketones is 1. The van der Waals surface area contributed by atoms with Gasteiger partial charge in [0.15, 0.2) is 5.78 Å². The second kappa shape index (κ2) is 7.34. The van der Waals surface area contributed by atoms with Crippen molar-refractivity contribution in [1.29, 1.82) is 0 Å². The van der Waals surface area contributed by atoms with E-state index < -0.39 is 5.60 Å². The quantitative estimate of drug-likeness (QED) is 0.726. The van der Waals surface area contributed by atoms with E-state index >= 15 is 0 Å². The molecule has 0 bridgehead atoms. The van der Waals surface area contributed by atoms with Crippen LogP contribution in [0, 0.1) is 40.4 Å². The molecular formula is C27H38N4O2. The molecule has 33 heavy (non-hydrogen) atoms. The van der Waals surface area contributed by atoms with Crippen molar-refractivity contribution in [3.8, 4) is 0 Å². The molecule has 1 N–H and O–H groups in total. The van der Waals surface area contributed by atoms with Crippen LogP contribution >= 0.6 is 0 Å². The van der Waals surface area contributed by atoms with Crippen LogP contribution in [0.2, 0.25) is 0 Å². The van der Waals surface area contributed by atoms with Crippen molar-refractivity contribution >= 4 is 16.8 Å². The molecule has 6 heteroatoms. The highest BCUT2D eigenvalue weighted by atomic mass is 16.3. The maximum Gasteiger partial charge on any atom is 0.157 e. The summed E-state index contributed by atoms with van der Waals surface area (Å²) in [5.74, 6) is 3.43. The molecule has 1 unspecified atom stereocenters. The number of nitrogens with zero attached hydrogens (tertiary/aromatic N) is 4. The Morgan fingerprint density at radius 2 is 1.82 bits per heavy atom. The van der Waals surface area contributed by atoms with Crippen molar-refractivity contribution in [2.24, 2.45) is 40.4 Å². The lowest BCUT2D eigenvalue weighted by atomic mass is 9.45. The van der Waals surface area contributed by atoms with Crippen LogP contribution in [0.1, 0.15) is 78.6 Å². The fraction of sp³-hybridized carbons (Fsp3) is 0.778. The molecule has 0 radical (unpaired) electrons. The Morgan fingerprint density at radius 1 is 1.03 bits per heavy atom. The smallest absolute Gasteiger partial charge is 0.157 e. The van der Waals surface area contributed by atoms with Crippen LogP contribution in [0.3, 0.4) is 0 Å². The van der Waals surface area contributed by atoms with Crippen molar-refractivity contribution in [1.82, 2.24) is 19.7 Å². The van der Waals surface area contributed by atoms with Gasteiger partial charge < -0.3 is 5.11 Å². The number of carbonyl (C=O) groups is 1. The largest absolute Gasteiger partial charge is 0.390 e. The Kier molecular flexibility index (Phi) is 4.82. The van der Waals surface area contributed by atoms with E-state index in [1.807, 2.05) is 13.1 Å². The molecule has 4 aliphatic carbocycles. The Morgan fingerprint density at radius 3 is 2.64 bits per heavy atom. The van der Waals surface area contributed by atoms with Gasteiger partial charge in [0.2, 0.25) is 0 Å². The molecule has 0 aromatic carbocycles. The van der Waals surface area contributed by atoms with Crippen LogP contribution in [0.5, 0.6) is 0 Å². The summed E-state index contributed by atoms with van der Waals surface area (Å²) in [6, 6.07) is 0. The second-order valence-electron chi connectivity index (χ2n) is 12.7. The van der Waals surface area contributed by atoms with E-state index in [9.17, 15) is 9.90 Å². The first kappa shape index (κ1) is 21.7. The first-order chi connectivity index (χ1) is 15.7. The standard InChI is InChI=1S/C27H38N4O2/c1-25-9-6-18-17(19(25)8-10-26(2,33)15-25)7-11-27(3)20(18)4-5-21(27)24(32)14-31-13-23-22(30-31)12-28-16-29-23/h12-13,16-21,33H,4-11,14-15H2,1-3H3/t17-,18+,19+,20-,21+,25?,26+,27-/m0/s1. The molecule has 0 amide bonds. The number of hydrogen-bond acceptors (Lipinski definition) is 5. The molecule has 0 spiro atoms. The van der Waals surface area contributed by atoms with Gasteiger partial charge in [-0.1, -0.05) is 13.8 Å². The normalized spacial score (nSPS) is 44.8. The second-order valence-corrected chi connectivity index (χ2v) is 12.7. The molecule has 4 fully saturated rings. The molecule has 4 saturated carbocycles. The predicted octanol–water partition coefficient (Wildman–Crippen LogP) is 4.81. The van der Waals surface area contributed by atoms with Crippen LogP contribution in [0.15, 0.2) is 18.7 Å². The van der Waals surface area contributed by atoms with Crippen molar-refractivity contribution < 1.29 is 9.90 Å². The molecule has 2 aromatic rings. The minimum Gasteiger partial charge on any atom is -0.390 e. The van der Waals surface area contributed by atoms with Gasteiger partial charge in [0, 0.05) is 5.92 Å². The third-order valence-electron chi connectivity index (χ3n) is 10.7. The highest BCUT2D eigenvalue weighted by Gasteiger charge is 2.60. The van der Waals surface area contributed by atoms with Crippen LogP contribution < -0.4 is 0 Å². The topological polar surface area (TPSA) is 80.9 Å². The first-order valence-corrected chi connectivity index (χ1v) is 13.1. The summed E-state index contributed by atoms with van der Waals surface area (Å²) in [6.45, 7) is 7.26. The van der Waals surface area contributed by atoms with E-state index in [4.69, 9.17) is 0 Å². The van der Waals surface area contributed by atoms with Gasteiger partial charge in [-0.3, -0.25) is 9.48 Å². The van der Waals surface area contributed by atoms with Gasteiger partial charge in [-0.15, -0.1) is 0 Å². The maximum atomic E-state index is 13.5. The van der Waals surface area contributed by atoms with Crippen LogP contribution in [-0.2, 0) is 11.3 Å². The van der Waals surface area contributed by atoms with Crippen molar-refractivity contribution in [2.45, 2.75) is 90.7 Å². The third kappa shape index (κ3) is 3.38. The van der Waals surface area contributed by atoms with Crippen LogP contribution in [0.25, 0.3) is 11.0 Å². The molecule has 6 rings (SSSR count). The average molecular weight is 451 g/mol. The van der Waals surface area contributed by atoms with E-state index in [0.29, 0.717) is 18.2 Å². The predicted molar refractivity (Wildman–Crippen MR) is 126 cm³/mol. The van der Waals surface area contributed by atoms with Gasteiger partial charge in [-0.2, -0.15) is 5.10 Å². The van der Waals surface area contributed by atoms with Gasteiger partial charge in [0.25, 0.3) is 0 Å². The summed E-state index contributed by atoms with van der Waals surface area (Å²) >= 11 is 0. The zero-order chi connectivity index (χ0) is 23.0. The lowest BCUT2D eigenvalue weighted by Crippen LogP contribution is -2.54. The molecule has 4 aliphatic rings. The SMILES string of the molecule is CC12CC[C@@H]3[C@H](CC[C@]4(C)[C@@H](C(=O)Cn5cc6ncncc6n5)CC[C@@H]34)[C@H]1CC[C@@](C)(O)C2. The van der Waals surface area contributed by atoms with Gasteiger partial charge in [-0.05, 0) is 99.2 Å². The Balaban J connectivity index is 1.20. The number of hydrogen-bond donors (Lipinski definition) is 1. The highest BCUT2D eigenvalue weighted by molar-refractivity contribution is 5.82. The summed E-state index contributed by atoms with van der Waals surface area (Å²) in [5.41, 5.74) is 1.46. The zero-order valence-electron chi connectivity index (χ0n) is 20.3. The average Bonchev–Trinajstić information content (AvgIpc) is 3.32. The third-order valence-corrected chi connectivity index (χ3v) is 10.7.